The fraction of sp³-hybridized carbons (Fsp3) is 0.400. The van der Waals surface area contributed by atoms with E-state index in [0.29, 0.717) is 12.1 Å². The molecule has 2 aromatic carbocycles. The summed E-state index contributed by atoms with van der Waals surface area (Å²) in [5.74, 6) is 0. The molecule has 0 aromatic heterocycles. The summed E-state index contributed by atoms with van der Waals surface area (Å²) in [6.07, 6.45) is -16.3. The third kappa shape index (κ3) is 5.32. The van der Waals surface area contributed by atoms with Gasteiger partial charge in [0.2, 0.25) is 0 Å². The van der Waals surface area contributed by atoms with Gasteiger partial charge in [-0.3, -0.25) is 0 Å². The fourth-order valence-electron chi connectivity index (χ4n) is 3.63. The first kappa shape index (κ1) is 24.7. The molecule has 0 aliphatic carbocycles. The second kappa shape index (κ2) is 8.42. The molecular formula is C20H15ClF9NO. The van der Waals surface area contributed by atoms with Crippen LogP contribution in [0, 0.1) is 0 Å². The predicted molar refractivity (Wildman–Crippen MR) is 96.8 cm³/mol. The van der Waals surface area contributed by atoms with E-state index in [2.05, 4.69) is 5.32 Å². The fourth-order valence-corrected chi connectivity index (χ4v) is 3.88. The van der Waals surface area contributed by atoms with E-state index in [4.69, 9.17) is 11.6 Å². The molecule has 0 spiro atoms. The maximum absolute atomic E-state index is 13.1. The summed E-state index contributed by atoms with van der Waals surface area (Å²) < 4.78 is 117. The third-order valence-electron chi connectivity index (χ3n) is 5.21. The Balaban J connectivity index is 1.89. The van der Waals surface area contributed by atoms with Crippen LogP contribution in [0.5, 0.6) is 0 Å². The molecule has 176 valence electrons. The standard InChI is InChI=1S/C20H15ClF9NO/c21-14-2-1-10(18(22,23)24)8-13(14)15-3-4-16(31-15)17(32)9-5-11(19(25,26)27)7-12(6-9)20(28,29)30/h1-2,5-8,15-17,31-32H,3-4H2/t15-,16-,17-/m0/s1. The average molecular weight is 492 g/mol. The minimum atomic E-state index is -5.08. The largest absolute Gasteiger partial charge is 0.416 e. The predicted octanol–water partition coefficient (Wildman–Crippen LogP) is 6.92. The lowest BCUT2D eigenvalue weighted by atomic mass is 9.96. The second-order valence-electron chi connectivity index (χ2n) is 7.42. The van der Waals surface area contributed by atoms with Crippen LogP contribution in [0.1, 0.15) is 52.8 Å². The molecule has 32 heavy (non-hydrogen) atoms. The SMILES string of the molecule is O[C@@H](c1cc(C(F)(F)F)cc(C(F)(F)F)c1)[C@@H]1CC[C@@H](c2cc(C(F)(F)F)ccc2Cl)N1. The molecular weight excluding hydrogens is 477 g/mol. The van der Waals surface area contributed by atoms with Crippen molar-refractivity contribution in [1.29, 1.82) is 0 Å². The lowest BCUT2D eigenvalue weighted by Gasteiger charge is -2.23. The van der Waals surface area contributed by atoms with Crippen LogP contribution in [0.25, 0.3) is 0 Å². The van der Waals surface area contributed by atoms with Crippen LogP contribution >= 0.6 is 11.6 Å². The van der Waals surface area contributed by atoms with Gasteiger partial charge in [0.05, 0.1) is 22.8 Å². The van der Waals surface area contributed by atoms with Crippen molar-refractivity contribution in [2.24, 2.45) is 0 Å². The maximum Gasteiger partial charge on any atom is 0.416 e. The Labute approximate surface area is 181 Å². The molecule has 1 aliphatic rings. The molecule has 0 amide bonds. The highest BCUT2D eigenvalue weighted by Gasteiger charge is 2.39. The number of nitrogens with one attached hydrogen (secondary N) is 1. The smallest absolute Gasteiger partial charge is 0.387 e. The Morgan fingerprint density at radius 3 is 1.81 bits per heavy atom. The second-order valence-corrected chi connectivity index (χ2v) is 7.83. The zero-order valence-corrected chi connectivity index (χ0v) is 16.6. The van der Waals surface area contributed by atoms with Crippen LogP contribution in [-0.2, 0) is 18.5 Å². The van der Waals surface area contributed by atoms with Crippen LogP contribution in [0.4, 0.5) is 39.5 Å². The van der Waals surface area contributed by atoms with E-state index in [1.165, 1.54) is 0 Å². The molecule has 1 fully saturated rings. The zero-order chi connectivity index (χ0) is 24.1. The van der Waals surface area contributed by atoms with Gasteiger partial charge in [-0.15, -0.1) is 0 Å². The van der Waals surface area contributed by atoms with Crippen LogP contribution in [-0.4, -0.2) is 11.1 Å². The van der Waals surface area contributed by atoms with Gasteiger partial charge in [0, 0.05) is 17.1 Å². The van der Waals surface area contributed by atoms with Crippen molar-refractivity contribution in [3.05, 3.63) is 69.2 Å². The lowest BCUT2D eigenvalue weighted by Crippen LogP contribution is -2.31. The molecule has 2 N–H and O–H groups in total. The van der Waals surface area contributed by atoms with Gasteiger partial charge >= 0.3 is 18.5 Å². The van der Waals surface area contributed by atoms with Crippen molar-refractivity contribution in [2.75, 3.05) is 0 Å². The van der Waals surface area contributed by atoms with Gasteiger partial charge in [-0.2, -0.15) is 39.5 Å². The molecule has 3 atom stereocenters. The summed E-state index contributed by atoms with van der Waals surface area (Å²) in [4.78, 5) is 0. The molecule has 3 rings (SSSR count). The molecule has 2 nitrogen and oxygen atoms in total. The topological polar surface area (TPSA) is 32.3 Å². The highest BCUT2D eigenvalue weighted by molar-refractivity contribution is 6.31. The Morgan fingerprint density at radius 2 is 1.31 bits per heavy atom. The summed E-state index contributed by atoms with van der Waals surface area (Å²) in [5.41, 5.74) is -4.65. The summed E-state index contributed by atoms with van der Waals surface area (Å²) >= 11 is 5.99. The Bertz CT molecular complexity index is 952. The highest BCUT2D eigenvalue weighted by Crippen LogP contribution is 2.41. The first-order valence-corrected chi connectivity index (χ1v) is 9.55. The Morgan fingerprint density at radius 1 is 0.781 bits per heavy atom. The number of rotatable bonds is 3. The van der Waals surface area contributed by atoms with E-state index >= 15 is 0 Å². The molecule has 0 saturated carbocycles. The molecule has 12 heteroatoms. The summed E-state index contributed by atoms with van der Waals surface area (Å²) in [7, 11) is 0. The van der Waals surface area contributed by atoms with E-state index in [1.54, 1.807) is 0 Å². The van der Waals surface area contributed by atoms with Crippen molar-refractivity contribution in [2.45, 2.75) is 49.6 Å². The van der Waals surface area contributed by atoms with Gasteiger partial charge in [-0.05, 0) is 60.4 Å². The third-order valence-corrected chi connectivity index (χ3v) is 5.56. The van der Waals surface area contributed by atoms with Crippen molar-refractivity contribution < 1.29 is 44.6 Å². The maximum atomic E-state index is 13.1. The number of alkyl halides is 9. The van der Waals surface area contributed by atoms with E-state index in [9.17, 15) is 44.6 Å². The van der Waals surface area contributed by atoms with E-state index < -0.39 is 59.0 Å². The molecule has 1 heterocycles. The number of hydrogen-bond acceptors (Lipinski definition) is 2. The first-order valence-electron chi connectivity index (χ1n) is 9.17. The van der Waals surface area contributed by atoms with Crippen LogP contribution in [0.3, 0.4) is 0 Å². The van der Waals surface area contributed by atoms with Crippen LogP contribution < -0.4 is 5.32 Å². The average Bonchev–Trinajstić information content (AvgIpc) is 3.15. The number of benzene rings is 2. The van der Waals surface area contributed by atoms with Crippen molar-refractivity contribution in [1.82, 2.24) is 5.32 Å². The first-order chi connectivity index (χ1) is 14.6. The number of hydrogen-bond donors (Lipinski definition) is 2. The Hall–Kier alpha value is -1.98. The van der Waals surface area contributed by atoms with Gasteiger partial charge in [0.25, 0.3) is 0 Å². The highest BCUT2D eigenvalue weighted by atomic mass is 35.5. The number of aliphatic hydroxyl groups is 1. The quantitative estimate of drug-likeness (QED) is 0.457. The molecule has 0 bridgehead atoms. The van der Waals surface area contributed by atoms with Gasteiger partial charge < -0.3 is 10.4 Å². The monoisotopic (exact) mass is 491 g/mol. The summed E-state index contributed by atoms with van der Waals surface area (Å²) in [6, 6.07) is 1.66. The lowest BCUT2D eigenvalue weighted by molar-refractivity contribution is -0.143. The van der Waals surface area contributed by atoms with Crippen molar-refractivity contribution in [3.63, 3.8) is 0 Å². The zero-order valence-electron chi connectivity index (χ0n) is 15.8. The van der Waals surface area contributed by atoms with Crippen molar-refractivity contribution in [3.8, 4) is 0 Å². The minimum Gasteiger partial charge on any atom is -0.387 e. The Kier molecular flexibility index (Phi) is 6.49. The normalized spacial score (nSPS) is 21.1. The van der Waals surface area contributed by atoms with E-state index in [-0.39, 0.29) is 29.5 Å². The van der Waals surface area contributed by atoms with Gasteiger partial charge in [0.1, 0.15) is 0 Å². The number of aliphatic hydroxyl groups excluding tert-OH is 1. The van der Waals surface area contributed by atoms with Crippen LogP contribution in [0.2, 0.25) is 5.02 Å². The number of halogens is 10. The summed E-state index contributed by atoms with van der Waals surface area (Å²) in [6.45, 7) is 0. The van der Waals surface area contributed by atoms with E-state index in [0.717, 1.165) is 18.2 Å². The van der Waals surface area contributed by atoms with Gasteiger partial charge in [0.15, 0.2) is 0 Å². The molecule has 1 aliphatic heterocycles. The van der Waals surface area contributed by atoms with Gasteiger partial charge in [-0.25, -0.2) is 0 Å². The van der Waals surface area contributed by atoms with Crippen LogP contribution in [0.15, 0.2) is 36.4 Å². The minimum absolute atomic E-state index is 0.00377. The molecule has 0 radical (unpaired) electrons. The molecule has 2 aromatic rings. The summed E-state index contributed by atoms with van der Waals surface area (Å²) in [5, 5.41) is 13.3. The molecule has 1 saturated heterocycles. The van der Waals surface area contributed by atoms with E-state index in [1.807, 2.05) is 0 Å². The van der Waals surface area contributed by atoms with Gasteiger partial charge in [-0.1, -0.05) is 11.6 Å². The molecule has 0 unspecified atom stereocenters. The van der Waals surface area contributed by atoms with Crippen molar-refractivity contribution >= 4 is 11.6 Å².